The zero-order valence-corrected chi connectivity index (χ0v) is 22.5. The van der Waals surface area contributed by atoms with Crippen molar-refractivity contribution in [3.63, 3.8) is 0 Å². The molecule has 0 bridgehead atoms. The Morgan fingerprint density at radius 2 is 1.77 bits per heavy atom. The SMILES string of the molecule is C=Cc1cccc(C(C(=O)NCCCC)N(CCCCCC)C(=O)C(C)NC(=O)OC(C)(C)C)c1. The van der Waals surface area contributed by atoms with Crippen LogP contribution in [-0.2, 0) is 14.3 Å². The van der Waals surface area contributed by atoms with Crippen LogP contribution in [0.1, 0.15) is 97.2 Å². The number of benzene rings is 1. The second-order valence-electron chi connectivity index (χ2n) is 9.88. The molecular formula is C28H45N3O4. The fourth-order valence-corrected chi connectivity index (χ4v) is 3.68. The van der Waals surface area contributed by atoms with Gasteiger partial charge in [0.05, 0.1) is 0 Å². The highest BCUT2D eigenvalue weighted by molar-refractivity contribution is 5.92. The number of carbonyl (C=O) groups is 3. The normalized spacial score (nSPS) is 12.9. The maximum atomic E-state index is 13.7. The van der Waals surface area contributed by atoms with Crippen molar-refractivity contribution in [3.8, 4) is 0 Å². The molecule has 7 heteroatoms. The minimum atomic E-state index is -0.857. The molecule has 1 aromatic carbocycles. The highest BCUT2D eigenvalue weighted by Crippen LogP contribution is 2.25. The van der Waals surface area contributed by atoms with Crippen LogP contribution in [0.3, 0.4) is 0 Å². The molecular weight excluding hydrogens is 442 g/mol. The van der Waals surface area contributed by atoms with Crippen molar-refractivity contribution in [3.05, 3.63) is 42.0 Å². The topological polar surface area (TPSA) is 87.7 Å². The summed E-state index contributed by atoms with van der Waals surface area (Å²) >= 11 is 0. The quantitative estimate of drug-likeness (QED) is 0.334. The van der Waals surface area contributed by atoms with Gasteiger partial charge in [-0.25, -0.2) is 4.79 Å². The highest BCUT2D eigenvalue weighted by Gasteiger charge is 2.34. The molecule has 0 aliphatic heterocycles. The maximum Gasteiger partial charge on any atom is 0.408 e. The van der Waals surface area contributed by atoms with E-state index < -0.39 is 23.8 Å². The van der Waals surface area contributed by atoms with Crippen LogP contribution in [0.25, 0.3) is 6.08 Å². The summed E-state index contributed by atoms with van der Waals surface area (Å²) in [5, 5.41) is 5.63. The summed E-state index contributed by atoms with van der Waals surface area (Å²) in [5.74, 6) is -0.556. The van der Waals surface area contributed by atoms with Crippen molar-refractivity contribution >= 4 is 24.0 Å². The van der Waals surface area contributed by atoms with Crippen molar-refractivity contribution in [1.29, 1.82) is 0 Å². The number of nitrogens with one attached hydrogen (secondary N) is 2. The Labute approximate surface area is 211 Å². The van der Waals surface area contributed by atoms with E-state index in [1.54, 1.807) is 38.7 Å². The molecule has 0 aliphatic rings. The smallest absolute Gasteiger partial charge is 0.408 e. The van der Waals surface area contributed by atoms with Gasteiger partial charge in [0.2, 0.25) is 11.8 Å². The number of hydrogen-bond acceptors (Lipinski definition) is 4. The van der Waals surface area contributed by atoms with E-state index in [0.717, 1.165) is 44.1 Å². The van der Waals surface area contributed by atoms with Gasteiger partial charge < -0.3 is 20.3 Å². The second kappa shape index (κ2) is 15.2. The molecule has 2 unspecified atom stereocenters. The Kier molecular flexibility index (Phi) is 13.1. The van der Waals surface area contributed by atoms with Crippen LogP contribution < -0.4 is 10.6 Å². The number of nitrogens with zero attached hydrogens (tertiary/aromatic N) is 1. The molecule has 1 rings (SSSR count). The lowest BCUT2D eigenvalue weighted by Crippen LogP contribution is -2.52. The number of amides is 3. The van der Waals surface area contributed by atoms with Crippen LogP contribution in [0.5, 0.6) is 0 Å². The van der Waals surface area contributed by atoms with Gasteiger partial charge in [0.15, 0.2) is 0 Å². The monoisotopic (exact) mass is 487 g/mol. The van der Waals surface area contributed by atoms with Crippen molar-refractivity contribution in [2.45, 2.75) is 97.8 Å². The molecule has 0 radical (unpaired) electrons. The van der Waals surface area contributed by atoms with Crippen LogP contribution >= 0.6 is 0 Å². The predicted octanol–water partition coefficient (Wildman–Crippen LogP) is 5.61. The van der Waals surface area contributed by atoms with E-state index in [9.17, 15) is 14.4 Å². The van der Waals surface area contributed by atoms with Gasteiger partial charge in [0.25, 0.3) is 0 Å². The number of ether oxygens (including phenoxy) is 1. The summed E-state index contributed by atoms with van der Waals surface area (Å²) in [4.78, 5) is 41.0. The predicted molar refractivity (Wildman–Crippen MR) is 142 cm³/mol. The molecule has 0 spiro atoms. The molecule has 2 N–H and O–H groups in total. The molecule has 0 saturated heterocycles. The van der Waals surface area contributed by atoms with Gasteiger partial charge in [-0.2, -0.15) is 0 Å². The standard InChI is InChI=1S/C28H45N3O4/c1-8-11-13-14-19-31(26(33)21(4)30-27(34)35-28(5,6)7)24(25(32)29-18-12-9-2)23-17-15-16-22(10-3)20-23/h10,15-17,20-21,24H,3,8-9,11-14,18-19H2,1-2,4-7H3,(H,29,32)(H,30,34). The third-order valence-corrected chi connectivity index (χ3v) is 5.49. The first kappa shape index (κ1) is 30.2. The molecule has 7 nitrogen and oxygen atoms in total. The van der Waals surface area contributed by atoms with Crippen LogP contribution in [-0.4, -0.2) is 47.5 Å². The number of rotatable bonds is 14. The van der Waals surface area contributed by atoms with E-state index in [-0.39, 0.29) is 11.8 Å². The fraction of sp³-hybridized carbons (Fsp3) is 0.607. The third-order valence-electron chi connectivity index (χ3n) is 5.49. The molecule has 196 valence electrons. The van der Waals surface area contributed by atoms with Gasteiger partial charge in [-0.3, -0.25) is 9.59 Å². The summed E-state index contributed by atoms with van der Waals surface area (Å²) in [6.07, 6.45) is 6.68. The van der Waals surface area contributed by atoms with E-state index >= 15 is 0 Å². The molecule has 35 heavy (non-hydrogen) atoms. The Hall–Kier alpha value is -2.83. The molecule has 0 aliphatic carbocycles. The summed E-state index contributed by atoms with van der Waals surface area (Å²) in [6, 6.07) is 5.84. The van der Waals surface area contributed by atoms with Crippen LogP contribution in [0, 0.1) is 0 Å². The Morgan fingerprint density at radius 3 is 2.37 bits per heavy atom. The number of alkyl carbamates (subject to hydrolysis) is 1. The summed E-state index contributed by atoms with van der Waals surface area (Å²) in [5.41, 5.74) is 0.899. The second-order valence-corrected chi connectivity index (χ2v) is 9.88. The minimum Gasteiger partial charge on any atom is -0.444 e. The number of unbranched alkanes of at least 4 members (excludes halogenated alkanes) is 4. The average Bonchev–Trinajstić information content (AvgIpc) is 2.79. The molecule has 0 heterocycles. The number of carbonyl (C=O) groups excluding carboxylic acids is 3. The first-order valence-electron chi connectivity index (χ1n) is 12.8. The van der Waals surface area contributed by atoms with Crippen LogP contribution in [0.4, 0.5) is 4.79 Å². The van der Waals surface area contributed by atoms with Gasteiger partial charge in [0.1, 0.15) is 17.7 Å². The van der Waals surface area contributed by atoms with Crippen molar-refractivity contribution in [2.75, 3.05) is 13.1 Å². The average molecular weight is 488 g/mol. The maximum absolute atomic E-state index is 13.7. The van der Waals surface area contributed by atoms with E-state index in [1.807, 2.05) is 24.3 Å². The van der Waals surface area contributed by atoms with Gasteiger partial charge in [-0.1, -0.05) is 70.4 Å². The summed E-state index contributed by atoms with van der Waals surface area (Å²) in [6.45, 7) is 15.9. The number of hydrogen-bond donors (Lipinski definition) is 2. The highest BCUT2D eigenvalue weighted by atomic mass is 16.6. The molecule has 1 aromatic rings. The molecule has 3 amide bonds. The lowest BCUT2D eigenvalue weighted by Gasteiger charge is -2.34. The van der Waals surface area contributed by atoms with Gasteiger partial charge >= 0.3 is 6.09 Å². The van der Waals surface area contributed by atoms with Crippen molar-refractivity contribution < 1.29 is 19.1 Å². The Balaban J connectivity index is 3.30. The molecule has 2 atom stereocenters. The van der Waals surface area contributed by atoms with E-state index in [4.69, 9.17) is 4.74 Å². The van der Waals surface area contributed by atoms with Crippen LogP contribution in [0.15, 0.2) is 30.8 Å². The molecule has 0 saturated carbocycles. The molecule has 0 fully saturated rings. The van der Waals surface area contributed by atoms with Crippen molar-refractivity contribution in [1.82, 2.24) is 15.5 Å². The zero-order chi connectivity index (χ0) is 26.4. The molecule has 0 aromatic heterocycles. The summed E-state index contributed by atoms with van der Waals surface area (Å²) in [7, 11) is 0. The van der Waals surface area contributed by atoms with Crippen molar-refractivity contribution in [2.24, 2.45) is 0 Å². The largest absolute Gasteiger partial charge is 0.444 e. The van der Waals surface area contributed by atoms with E-state index in [0.29, 0.717) is 18.7 Å². The van der Waals surface area contributed by atoms with E-state index in [1.165, 1.54) is 0 Å². The third kappa shape index (κ3) is 11.0. The van der Waals surface area contributed by atoms with Gasteiger partial charge in [-0.05, 0) is 57.7 Å². The van der Waals surface area contributed by atoms with E-state index in [2.05, 4.69) is 31.1 Å². The minimum absolute atomic E-state index is 0.229. The lowest BCUT2D eigenvalue weighted by atomic mass is 10.00. The van der Waals surface area contributed by atoms with Gasteiger partial charge in [0, 0.05) is 13.1 Å². The Morgan fingerprint density at radius 1 is 1.09 bits per heavy atom. The fourth-order valence-electron chi connectivity index (χ4n) is 3.68. The zero-order valence-electron chi connectivity index (χ0n) is 22.5. The summed E-state index contributed by atoms with van der Waals surface area (Å²) < 4.78 is 5.33. The van der Waals surface area contributed by atoms with Crippen LogP contribution in [0.2, 0.25) is 0 Å². The first-order valence-corrected chi connectivity index (χ1v) is 12.8. The first-order chi connectivity index (χ1) is 16.5. The Bertz CT molecular complexity index is 832. The lowest BCUT2D eigenvalue weighted by molar-refractivity contribution is -0.142. The van der Waals surface area contributed by atoms with Gasteiger partial charge in [-0.15, -0.1) is 0 Å².